The van der Waals surface area contributed by atoms with E-state index < -0.39 is 0 Å². The van der Waals surface area contributed by atoms with Crippen molar-refractivity contribution in [2.24, 2.45) is 0 Å². The van der Waals surface area contributed by atoms with E-state index in [0.29, 0.717) is 11.8 Å². The van der Waals surface area contributed by atoms with Gasteiger partial charge in [-0.05, 0) is 28.8 Å². The van der Waals surface area contributed by atoms with Gasteiger partial charge in [-0.25, -0.2) is 4.98 Å². The van der Waals surface area contributed by atoms with Crippen LogP contribution in [0.1, 0.15) is 12.8 Å². The first-order chi connectivity index (χ1) is 9.22. The Morgan fingerprint density at radius 2 is 2.37 bits per heavy atom. The molecule has 7 heteroatoms. The molecule has 1 N–H and O–H groups in total. The summed E-state index contributed by atoms with van der Waals surface area (Å²) in [7, 11) is 1.59. The van der Waals surface area contributed by atoms with E-state index in [1.807, 2.05) is 17.1 Å². The summed E-state index contributed by atoms with van der Waals surface area (Å²) in [5.41, 5.74) is 0.0540. The van der Waals surface area contributed by atoms with E-state index in [2.05, 4.69) is 36.3 Å². The minimum absolute atomic E-state index is 0.0540. The van der Waals surface area contributed by atoms with E-state index >= 15 is 0 Å². The third kappa shape index (κ3) is 2.56. The molecule has 1 saturated carbocycles. The van der Waals surface area contributed by atoms with Gasteiger partial charge in [0, 0.05) is 25.0 Å². The smallest absolute Gasteiger partial charge is 0.226 e. The second-order valence-corrected chi connectivity index (χ2v) is 5.52. The lowest BCUT2D eigenvalue weighted by Gasteiger charge is -2.16. The van der Waals surface area contributed by atoms with E-state index in [-0.39, 0.29) is 5.54 Å². The van der Waals surface area contributed by atoms with Crippen molar-refractivity contribution in [2.45, 2.75) is 18.4 Å². The van der Waals surface area contributed by atoms with Crippen LogP contribution in [-0.2, 0) is 5.54 Å². The summed E-state index contributed by atoms with van der Waals surface area (Å²) >= 11 is 3.42. The Balaban J connectivity index is 1.69. The van der Waals surface area contributed by atoms with Gasteiger partial charge in [0.05, 0.1) is 23.3 Å². The summed E-state index contributed by atoms with van der Waals surface area (Å²) in [6.45, 7) is 0.758. The molecular weight excluding hydrogens is 310 g/mol. The lowest BCUT2D eigenvalue weighted by atomic mass is 10.3. The highest BCUT2D eigenvalue weighted by molar-refractivity contribution is 9.10. The highest BCUT2D eigenvalue weighted by atomic mass is 79.9. The maximum Gasteiger partial charge on any atom is 0.226 e. The van der Waals surface area contributed by atoms with Gasteiger partial charge in [-0.15, -0.1) is 0 Å². The molecule has 1 aliphatic carbocycles. The van der Waals surface area contributed by atoms with Crippen LogP contribution < -0.4 is 10.1 Å². The molecule has 1 aliphatic rings. The third-order valence-electron chi connectivity index (χ3n) is 3.28. The predicted molar refractivity (Wildman–Crippen MR) is 74.2 cm³/mol. The average molecular weight is 324 g/mol. The van der Waals surface area contributed by atoms with Crippen LogP contribution in [0.3, 0.4) is 0 Å². The second kappa shape index (κ2) is 4.80. The molecule has 2 aromatic heterocycles. The fourth-order valence-electron chi connectivity index (χ4n) is 1.98. The molecule has 0 amide bonds. The van der Waals surface area contributed by atoms with Gasteiger partial charge in [0.25, 0.3) is 0 Å². The molecule has 6 nitrogen and oxygen atoms in total. The van der Waals surface area contributed by atoms with Gasteiger partial charge < -0.3 is 10.1 Å². The van der Waals surface area contributed by atoms with Crippen molar-refractivity contribution in [1.82, 2.24) is 19.7 Å². The van der Waals surface area contributed by atoms with E-state index in [1.165, 1.54) is 0 Å². The zero-order valence-electron chi connectivity index (χ0n) is 10.5. The molecule has 100 valence electrons. The number of anilines is 1. The highest BCUT2D eigenvalue weighted by Crippen LogP contribution is 2.43. The fourth-order valence-corrected chi connectivity index (χ4v) is 2.26. The number of methoxy groups -OCH3 is 1. The van der Waals surface area contributed by atoms with E-state index in [1.54, 1.807) is 19.4 Å². The summed E-state index contributed by atoms with van der Waals surface area (Å²) in [5, 5.41) is 7.61. The van der Waals surface area contributed by atoms with Gasteiger partial charge in [0.15, 0.2) is 0 Å². The molecule has 19 heavy (non-hydrogen) atoms. The monoisotopic (exact) mass is 323 g/mol. The van der Waals surface area contributed by atoms with Crippen molar-refractivity contribution < 1.29 is 4.74 Å². The summed E-state index contributed by atoms with van der Waals surface area (Å²) in [6.07, 6.45) is 7.71. The SMILES string of the molecule is COc1ccnc(NCC2(n3cc(Br)cn3)CC2)n1. The number of rotatable bonds is 5. The van der Waals surface area contributed by atoms with Crippen molar-refractivity contribution in [1.29, 1.82) is 0 Å². The lowest BCUT2D eigenvalue weighted by molar-refractivity contribution is 0.397. The molecule has 2 aromatic rings. The molecule has 0 aromatic carbocycles. The first-order valence-electron chi connectivity index (χ1n) is 6.03. The molecule has 0 saturated heterocycles. The topological polar surface area (TPSA) is 64.9 Å². The lowest BCUT2D eigenvalue weighted by Crippen LogP contribution is -2.27. The Labute approximate surface area is 119 Å². The molecule has 3 rings (SSSR count). The maximum atomic E-state index is 5.08. The van der Waals surface area contributed by atoms with Gasteiger partial charge in [0.1, 0.15) is 0 Å². The quantitative estimate of drug-likeness (QED) is 0.912. The van der Waals surface area contributed by atoms with E-state index in [4.69, 9.17) is 4.74 Å². The van der Waals surface area contributed by atoms with Gasteiger partial charge >= 0.3 is 0 Å². The fraction of sp³-hybridized carbons (Fsp3) is 0.417. The predicted octanol–water partition coefficient (Wildman–Crippen LogP) is 2.05. The highest BCUT2D eigenvalue weighted by Gasteiger charge is 2.45. The van der Waals surface area contributed by atoms with E-state index in [9.17, 15) is 0 Å². The molecule has 0 aliphatic heterocycles. The summed E-state index contributed by atoms with van der Waals surface area (Å²) in [5.74, 6) is 1.14. The number of hydrogen-bond donors (Lipinski definition) is 1. The van der Waals surface area contributed by atoms with Crippen LogP contribution in [0, 0.1) is 0 Å². The number of aromatic nitrogens is 4. The number of hydrogen-bond acceptors (Lipinski definition) is 5. The largest absolute Gasteiger partial charge is 0.481 e. The maximum absolute atomic E-state index is 5.08. The summed E-state index contributed by atoms with van der Waals surface area (Å²) < 4.78 is 8.08. The van der Waals surface area contributed by atoms with Crippen molar-refractivity contribution in [3.05, 3.63) is 29.1 Å². The van der Waals surface area contributed by atoms with Crippen molar-refractivity contribution in [3.8, 4) is 5.88 Å². The molecule has 0 spiro atoms. The second-order valence-electron chi connectivity index (χ2n) is 4.60. The van der Waals surface area contributed by atoms with Gasteiger partial charge in [-0.1, -0.05) is 0 Å². The number of nitrogens with zero attached hydrogens (tertiary/aromatic N) is 4. The first kappa shape index (κ1) is 12.4. The van der Waals surface area contributed by atoms with Crippen molar-refractivity contribution in [2.75, 3.05) is 19.0 Å². The van der Waals surface area contributed by atoms with Crippen LogP contribution in [0.5, 0.6) is 5.88 Å². The van der Waals surface area contributed by atoms with Crippen LogP contribution in [-0.4, -0.2) is 33.4 Å². The average Bonchev–Trinajstić information content (AvgIpc) is 3.11. The Kier molecular flexibility index (Phi) is 3.14. The minimum atomic E-state index is 0.0540. The molecule has 0 atom stereocenters. The summed E-state index contributed by atoms with van der Waals surface area (Å²) in [4.78, 5) is 8.41. The minimum Gasteiger partial charge on any atom is -0.481 e. The zero-order valence-corrected chi connectivity index (χ0v) is 12.1. The van der Waals surface area contributed by atoms with Crippen molar-refractivity contribution in [3.63, 3.8) is 0 Å². The van der Waals surface area contributed by atoms with Crippen molar-refractivity contribution >= 4 is 21.9 Å². The van der Waals surface area contributed by atoms with Crippen LogP contribution in [0.2, 0.25) is 0 Å². The molecule has 0 bridgehead atoms. The van der Waals surface area contributed by atoms with Gasteiger partial charge in [-0.2, -0.15) is 10.1 Å². The normalized spacial score (nSPS) is 16.1. The third-order valence-corrected chi connectivity index (χ3v) is 3.69. The Hall–Kier alpha value is -1.63. The number of nitrogens with one attached hydrogen (secondary N) is 1. The summed E-state index contributed by atoms with van der Waals surface area (Å²) in [6, 6.07) is 1.72. The molecule has 1 fully saturated rings. The Morgan fingerprint density at radius 3 is 3.00 bits per heavy atom. The van der Waals surface area contributed by atoms with Gasteiger partial charge in [0.2, 0.25) is 11.8 Å². The van der Waals surface area contributed by atoms with E-state index in [0.717, 1.165) is 23.9 Å². The van der Waals surface area contributed by atoms with Crippen LogP contribution in [0.25, 0.3) is 0 Å². The number of ether oxygens (including phenoxy) is 1. The van der Waals surface area contributed by atoms with Crippen LogP contribution in [0.15, 0.2) is 29.1 Å². The molecule has 2 heterocycles. The van der Waals surface area contributed by atoms with Crippen LogP contribution in [0.4, 0.5) is 5.95 Å². The standard InChI is InChI=1S/C12H14BrN5O/c1-19-10-2-5-14-11(17-10)15-8-12(3-4-12)18-7-9(13)6-16-18/h2,5-7H,3-4,8H2,1H3,(H,14,15,17). The zero-order chi connectivity index (χ0) is 13.3. The molecule has 0 unspecified atom stereocenters. The molecular formula is C12H14BrN5O. The molecule has 0 radical (unpaired) electrons. The first-order valence-corrected chi connectivity index (χ1v) is 6.83. The Morgan fingerprint density at radius 1 is 1.53 bits per heavy atom. The van der Waals surface area contributed by atoms with Crippen LogP contribution >= 0.6 is 15.9 Å². The Bertz CT molecular complexity index is 581. The number of halogens is 1. The van der Waals surface area contributed by atoms with Gasteiger partial charge in [-0.3, -0.25) is 4.68 Å².